The third kappa shape index (κ3) is 2.95. The Labute approximate surface area is 107 Å². The van der Waals surface area contributed by atoms with Crippen molar-refractivity contribution in [3.05, 3.63) is 47.4 Å². The first-order valence-electron chi connectivity index (χ1n) is 4.63. The van der Waals surface area contributed by atoms with Gasteiger partial charge in [-0.05, 0) is 18.2 Å². The lowest BCUT2D eigenvalue weighted by Crippen LogP contribution is -1.98. The van der Waals surface area contributed by atoms with Gasteiger partial charge >= 0.3 is 5.97 Å². The highest BCUT2D eigenvalue weighted by atomic mass is 35.5. The van der Waals surface area contributed by atoms with E-state index in [2.05, 4.69) is 9.97 Å². The highest BCUT2D eigenvalue weighted by molar-refractivity contribution is 7.99. The molecule has 0 aliphatic carbocycles. The van der Waals surface area contributed by atoms with Gasteiger partial charge in [0.2, 0.25) is 0 Å². The summed E-state index contributed by atoms with van der Waals surface area (Å²) in [5.74, 6) is -1.01. The molecule has 4 nitrogen and oxygen atoms in total. The van der Waals surface area contributed by atoms with E-state index >= 15 is 0 Å². The molecular formula is C11H7ClN2O2S. The largest absolute Gasteiger partial charge is 0.478 e. The van der Waals surface area contributed by atoms with E-state index in [1.807, 2.05) is 0 Å². The number of halogens is 1. The summed E-state index contributed by atoms with van der Waals surface area (Å²) < 4.78 is 0. The maximum absolute atomic E-state index is 11.1. The molecule has 0 atom stereocenters. The van der Waals surface area contributed by atoms with Crippen LogP contribution >= 0.6 is 23.4 Å². The number of benzene rings is 1. The van der Waals surface area contributed by atoms with Crippen molar-refractivity contribution in [3.63, 3.8) is 0 Å². The van der Waals surface area contributed by atoms with Gasteiger partial charge < -0.3 is 5.11 Å². The van der Waals surface area contributed by atoms with Crippen molar-refractivity contribution in [1.82, 2.24) is 9.97 Å². The van der Waals surface area contributed by atoms with Crippen molar-refractivity contribution in [2.24, 2.45) is 0 Å². The Morgan fingerprint density at radius 1 is 1.35 bits per heavy atom. The standard InChI is InChI=1S/C11H7ClN2O2S/c12-7-1-2-9(8(5-7)11(15)16)17-10-6-13-3-4-14-10/h1-6H,(H,15,16). The van der Waals surface area contributed by atoms with Crippen molar-refractivity contribution in [1.29, 1.82) is 0 Å². The van der Waals surface area contributed by atoms with E-state index in [4.69, 9.17) is 16.7 Å². The number of rotatable bonds is 3. The van der Waals surface area contributed by atoms with Crippen molar-refractivity contribution in [2.45, 2.75) is 9.92 Å². The van der Waals surface area contributed by atoms with Crippen LogP contribution in [0.25, 0.3) is 0 Å². The van der Waals surface area contributed by atoms with Crippen LogP contribution in [-0.4, -0.2) is 21.0 Å². The molecule has 1 heterocycles. The maximum atomic E-state index is 11.1. The Bertz CT molecular complexity index is 548. The maximum Gasteiger partial charge on any atom is 0.336 e. The van der Waals surface area contributed by atoms with E-state index in [-0.39, 0.29) is 5.56 Å². The monoisotopic (exact) mass is 266 g/mol. The summed E-state index contributed by atoms with van der Waals surface area (Å²) >= 11 is 7.00. The van der Waals surface area contributed by atoms with E-state index in [9.17, 15) is 4.79 Å². The molecule has 1 N–H and O–H groups in total. The van der Waals surface area contributed by atoms with Gasteiger partial charge in [-0.2, -0.15) is 0 Å². The van der Waals surface area contributed by atoms with Gasteiger partial charge in [0.15, 0.2) is 0 Å². The van der Waals surface area contributed by atoms with Crippen LogP contribution in [0.4, 0.5) is 0 Å². The number of carbonyl (C=O) groups is 1. The van der Waals surface area contributed by atoms with Gasteiger partial charge in [0.25, 0.3) is 0 Å². The summed E-state index contributed by atoms with van der Waals surface area (Å²) in [6, 6.07) is 4.72. The van der Waals surface area contributed by atoms with Gasteiger partial charge in [-0.15, -0.1) is 0 Å². The zero-order valence-electron chi connectivity index (χ0n) is 8.50. The molecule has 1 aromatic carbocycles. The predicted molar refractivity (Wildman–Crippen MR) is 64.6 cm³/mol. The number of nitrogens with zero attached hydrogens (tertiary/aromatic N) is 2. The van der Waals surface area contributed by atoms with E-state index in [1.54, 1.807) is 30.7 Å². The molecule has 17 heavy (non-hydrogen) atoms. The first-order chi connectivity index (χ1) is 8.16. The average molecular weight is 267 g/mol. The molecule has 86 valence electrons. The molecule has 0 aliphatic rings. The molecule has 0 unspecified atom stereocenters. The third-order valence-electron chi connectivity index (χ3n) is 1.93. The van der Waals surface area contributed by atoms with Crippen LogP contribution in [0.15, 0.2) is 46.7 Å². The molecule has 0 bridgehead atoms. The van der Waals surface area contributed by atoms with E-state index in [0.717, 1.165) is 0 Å². The number of carboxylic acid groups (broad SMARTS) is 1. The van der Waals surface area contributed by atoms with Gasteiger partial charge in [-0.3, -0.25) is 4.98 Å². The number of hydrogen-bond acceptors (Lipinski definition) is 4. The lowest BCUT2D eigenvalue weighted by molar-refractivity contribution is 0.0693. The second kappa shape index (κ2) is 5.16. The predicted octanol–water partition coefficient (Wildman–Crippen LogP) is 2.98. The van der Waals surface area contributed by atoms with Crippen LogP contribution in [0.3, 0.4) is 0 Å². The summed E-state index contributed by atoms with van der Waals surface area (Å²) in [5, 5.41) is 10.1. The smallest absolute Gasteiger partial charge is 0.336 e. The topological polar surface area (TPSA) is 63.1 Å². The van der Waals surface area contributed by atoms with Crippen LogP contribution < -0.4 is 0 Å². The van der Waals surface area contributed by atoms with E-state index in [0.29, 0.717) is 14.9 Å². The fourth-order valence-electron chi connectivity index (χ4n) is 1.21. The van der Waals surface area contributed by atoms with Gasteiger partial charge in [0.05, 0.1) is 11.8 Å². The Balaban J connectivity index is 2.36. The molecular weight excluding hydrogens is 260 g/mol. The zero-order valence-corrected chi connectivity index (χ0v) is 10.1. The Morgan fingerprint density at radius 2 is 2.18 bits per heavy atom. The highest BCUT2D eigenvalue weighted by Crippen LogP contribution is 2.30. The summed E-state index contributed by atoms with van der Waals surface area (Å²) in [7, 11) is 0. The van der Waals surface area contributed by atoms with E-state index < -0.39 is 5.97 Å². The van der Waals surface area contributed by atoms with Gasteiger partial charge in [0, 0.05) is 22.3 Å². The minimum Gasteiger partial charge on any atom is -0.478 e. The molecule has 0 spiro atoms. The molecule has 0 radical (unpaired) electrons. The molecule has 2 rings (SSSR count). The number of aromatic carboxylic acids is 1. The third-order valence-corrected chi connectivity index (χ3v) is 3.16. The quantitative estimate of drug-likeness (QED) is 0.925. The minimum atomic E-state index is -1.01. The average Bonchev–Trinajstić information content (AvgIpc) is 2.32. The SMILES string of the molecule is O=C(O)c1cc(Cl)ccc1Sc1cnccn1. The summed E-state index contributed by atoms with van der Waals surface area (Å²) in [5.41, 5.74) is 0.160. The Morgan fingerprint density at radius 3 is 2.82 bits per heavy atom. The second-order valence-electron chi connectivity index (χ2n) is 3.09. The number of carboxylic acids is 1. The number of aromatic nitrogens is 2. The van der Waals surface area contributed by atoms with Crippen LogP contribution in [-0.2, 0) is 0 Å². The first kappa shape index (κ1) is 11.9. The Hall–Kier alpha value is -1.59. The molecule has 1 aromatic heterocycles. The van der Waals surface area contributed by atoms with Crippen molar-refractivity contribution in [2.75, 3.05) is 0 Å². The normalized spacial score (nSPS) is 10.2. The molecule has 6 heteroatoms. The summed E-state index contributed by atoms with van der Waals surface area (Å²) in [6.45, 7) is 0. The van der Waals surface area contributed by atoms with Crippen LogP contribution in [0.5, 0.6) is 0 Å². The molecule has 0 saturated carbocycles. The lowest BCUT2D eigenvalue weighted by atomic mass is 10.2. The highest BCUT2D eigenvalue weighted by Gasteiger charge is 2.12. The van der Waals surface area contributed by atoms with Crippen LogP contribution in [0.2, 0.25) is 5.02 Å². The van der Waals surface area contributed by atoms with Crippen LogP contribution in [0.1, 0.15) is 10.4 Å². The molecule has 0 fully saturated rings. The van der Waals surface area contributed by atoms with Crippen molar-refractivity contribution in [3.8, 4) is 0 Å². The second-order valence-corrected chi connectivity index (χ2v) is 4.59. The lowest BCUT2D eigenvalue weighted by Gasteiger charge is -2.05. The Kier molecular flexibility index (Phi) is 3.61. The molecule has 2 aromatic rings. The minimum absolute atomic E-state index is 0.160. The van der Waals surface area contributed by atoms with E-state index in [1.165, 1.54) is 17.8 Å². The van der Waals surface area contributed by atoms with Crippen molar-refractivity contribution >= 4 is 29.3 Å². The summed E-state index contributed by atoms with van der Waals surface area (Å²) in [4.78, 5) is 19.6. The molecule has 0 amide bonds. The van der Waals surface area contributed by atoms with Gasteiger partial charge in [-0.25, -0.2) is 9.78 Å². The van der Waals surface area contributed by atoms with Crippen molar-refractivity contribution < 1.29 is 9.90 Å². The zero-order chi connectivity index (χ0) is 12.3. The van der Waals surface area contributed by atoms with Gasteiger partial charge in [0.1, 0.15) is 5.03 Å². The molecule has 0 saturated heterocycles. The summed E-state index contributed by atoms with van der Waals surface area (Å²) in [6.07, 6.45) is 4.69. The number of hydrogen-bond donors (Lipinski definition) is 1. The fourth-order valence-corrected chi connectivity index (χ4v) is 2.23. The van der Waals surface area contributed by atoms with Crippen LogP contribution in [0, 0.1) is 0 Å². The molecule has 0 aliphatic heterocycles. The fraction of sp³-hybridized carbons (Fsp3) is 0. The first-order valence-corrected chi connectivity index (χ1v) is 5.83. The van der Waals surface area contributed by atoms with Gasteiger partial charge in [-0.1, -0.05) is 23.4 Å².